The van der Waals surface area contributed by atoms with E-state index in [0.29, 0.717) is 24.9 Å². The number of amides is 1. The smallest absolute Gasteiger partial charge is 0.219 e. The molecule has 0 spiro atoms. The molecule has 1 saturated heterocycles. The molecule has 5 heteroatoms. The van der Waals surface area contributed by atoms with Crippen molar-refractivity contribution in [2.45, 2.75) is 32.9 Å². The van der Waals surface area contributed by atoms with E-state index in [1.165, 1.54) is 34.5 Å². The summed E-state index contributed by atoms with van der Waals surface area (Å²) in [6.45, 7) is 7.71. The quantitative estimate of drug-likeness (QED) is 0.434. The van der Waals surface area contributed by atoms with E-state index in [2.05, 4.69) is 79.3 Å². The van der Waals surface area contributed by atoms with Crippen molar-refractivity contribution in [3.63, 3.8) is 0 Å². The van der Waals surface area contributed by atoms with Gasteiger partial charge in [0, 0.05) is 65.3 Å². The van der Waals surface area contributed by atoms with Gasteiger partial charge in [0.1, 0.15) is 5.82 Å². The lowest BCUT2D eigenvalue weighted by molar-refractivity contribution is -0.130. The number of aryl methyl sites for hydroxylation is 1. The van der Waals surface area contributed by atoms with Crippen molar-refractivity contribution >= 4 is 11.6 Å². The SMILES string of the molecule is CC(=O)N(Cc1ccc(F)cc1)CC1CN(Cc2ccc(N(C)C)cc2)CC1c1ccc(C)cc1. The highest BCUT2D eigenvalue weighted by molar-refractivity contribution is 5.73. The summed E-state index contributed by atoms with van der Waals surface area (Å²) in [6, 6.07) is 24.0. The molecule has 1 aliphatic heterocycles. The van der Waals surface area contributed by atoms with E-state index in [1.807, 2.05) is 4.90 Å². The van der Waals surface area contributed by atoms with E-state index in [9.17, 15) is 9.18 Å². The fourth-order valence-electron chi connectivity index (χ4n) is 5.02. The second-order valence-electron chi connectivity index (χ2n) is 10.1. The number of carbonyl (C=O) groups is 1. The van der Waals surface area contributed by atoms with Crippen molar-refractivity contribution in [3.05, 3.63) is 101 Å². The number of hydrogen-bond acceptors (Lipinski definition) is 3. The highest BCUT2D eigenvalue weighted by Gasteiger charge is 2.35. The second-order valence-corrected chi connectivity index (χ2v) is 10.1. The summed E-state index contributed by atoms with van der Waals surface area (Å²) in [6.07, 6.45) is 0. The number of anilines is 1. The molecule has 0 aliphatic carbocycles. The Morgan fingerprint density at radius 1 is 0.914 bits per heavy atom. The highest BCUT2D eigenvalue weighted by Crippen LogP contribution is 2.35. The zero-order valence-electron chi connectivity index (χ0n) is 21.2. The average Bonchev–Trinajstić information content (AvgIpc) is 3.22. The molecule has 0 bridgehead atoms. The Balaban J connectivity index is 1.52. The first kappa shape index (κ1) is 24.9. The van der Waals surface area contributed by atoms with Crippen LogP contribution in [0, 0.1) is 18.7 Å². The largest absolute Gasteiger partial charge is 0.378 e. The van der Waals surface area contributed by atoms with Crippen LogP contribution in [0.4, 0.5) is 10.1 Å². The molecule has 4 rings (SSSR count). The predicted octanol–water partition coefficient (Wildman–Crippen LogP) is 5.46. The van der Waals surface area contributed by atoms with E-state index in [0.717, 1.165) is 25.2 Å². The van der Waals surface area contributed by atoms with E-state index >= 15 is 0 Å². The average molecular weight is 474 g/mol. The van der Waals surface area contributed by atoms with Crippen LogP contribution in [0.5, 0.6) is 0 Å². The van der Waals surface area contributed by atoms with Crippen molar-refractivity contribution in [3.8, 4) is 0 Å². The van der Waals surface area contributed by atoms with Crippen LogP contribution < -0.4 is 4.90 Å². The molecular formula is C30H36FN3O. The van der Waals surface area contributed by atoms with Crippen LogP contribution in [0.2, 0.25) is 0 Å². The summed E-state index contributed by atoms with van der Waals surface area (Å²) >= 11 is 0. The van der Waals surface area contributed by atoms with Crippen LogP contribution >= 0.6 is 0 Å². The maximum absolute atomic E-state index is 13.4. The second kappa shape index (κ2) is 11.0. The Morgan fingerprint density at radius 3 is 2.14 bits per heavy atom. The molecule has 2 unspecified atom stereocenters. The predicted molar refractivity (Wildman–Crippen MR) is 141 cm³/mol. The standard InChI is InChI=1S/C30H36FN3O/c1-22-5-11-26(12-6-22)30-21-33(17-24-9-15-29(16-10-24)32(3)4)19-27(30)20-34(23(2)35)18-25-7-13-28(31)14-8-25/h5-16,27,30H,17-21H2,1-4H3. The van der Waals surface area contributed by atoms with Gasteiger partial charge in [0.15, 0.2) is 0 Å². The number of nitrogens with zero attached hydrogens (tertiary/aromatic N) is 3. The molecule has 3 aromatic carbocycles. The van der Waals surface area contributed by atoms with Gasteiger partial charge in [0.25, 0.3) is 0 Å². The Bertz CT molecular complexity index is 1110. The summed E-state index contributed by atoms with van der Waals surface area (Å²) < 4.78 is 13.4. The summed E-state index contributed by atoms with van der Waals surface area (Å²) in [5.74, 6) is 0.470. The highest BCUT2D eigenvalue weighted by atomic mass is 19.1. The first-order valence-electron chi connectivity index (χ1n) is 12.3. The first-order valence-corrected chi connectivity index (χ1v) is 12.3. The normalized spacial score (nSPS) is 18.0. The third-order valence-corrected chi connectivity index (χ3v) is 7.07. The Kier molecular flexibility index (Phi) is 7.86. The summed E-state index contributed by atoms with van der Waals surface area (Å²) in [5.41, 5.74) is 6.03. The van der Waals surface area contributed by atoms with Gasteiger partial charge in [0.05, 0.1) is 0 Å². The molecule has 0 radical (unpaired) electrons. The van der Waals surface area contributed by atoms with Crippen molar-refractivity contribution in [2.24, 2.45) is 5.92 Å². The molecule has 4 nitrogen and oxygen atoms in total. The summed E-state index contributed by atoms with van der Waals surface area (Å²) in [5, 5.41) is 0. The lowest BCUT2D eigenvalue weighted by Gasteiger charge is -2.28. The lowest BCUT2D eigenvalue weighted by Crippen LogP contribution is -2.35. The zero-order valence-corrected chi connectivity index (χ0v) is 21.2. The number of hydrogen-bond donors (Lipinski definition) is 0. The number of likely N-dealkylation sites (tertiary alicyclic amines) is 1. The molecule has 184 valence electrons. The molecule has 1 fully saturated rings. The van der Waals surface area contributed by atoms with E-state index in [-0.39, 0.29) is 11.7 Å². The Hall–Kier alpha value is -3.18. The van der Waals surface area contributed by atoms with Gasteiger partial charge in [-0.3, -0.25) is 9.69 Å². The lowest BCUT2D eigenvalue weighted by atomic mass is 9.88. The van der Waals surface area contributed by atoms with Crippen molar-refractivity contribution in [1.29, 1.82) is 0 Å². The van der Waals surface area contributed by atoms with Gasteiger partial charge in [-0.1, -0.05) is 54.1 Å². The molecule has 1 amide bonds. The van der Waals surface area contributed by atoms with E-state index < -0.39 is 0 Å². The molecule has 0 aromatic heterocycles. The number of carbonyl (C=O) groups excluding carboxylic acids is 1. The van der Waals surface area contributed by atoms with Gasteiger partial charge in [-0.2, -0.15) is 0 Å². The van der Waals surface area contributed by atoms with Crippen LogP contribution in [-0.4, -0.2) is 49.4 Å². The van der Waals surface area contributed by atoms with E-state index in [4.69, 9.17) is 0 Å². The van der Waals surface area contributed by atoms with Crippen LogP contribution in [0.15, 0.2) is 72.8 Å². The molecule has 1 heterocycles. The van der Waals surface area contributed by atoms with E-state index in [1.54, 1.807) is 19.1 Å². The maximum atomic E-state index is 13.4. The van der Waals surface area contributed by atoms with Crippen LogP contribution in [0.25, 0.3) is 0 Å². The minimum absolute atomic E-state index is 0.0507. The Morgan fingerprint density at radius 2 is 1.54 bits per heavy atom. The third kappa shape index (κ3) is 6.49. The van der Waals surface area contributed by atoms with Gasteiger partial charge in [-0.05, 0) is 53.8 Å². The van der Waals surface area contributed by atoms with Gasteiger partial charge in [0.2, 0.25) is 5.91 Å². The molecule has 1 aliphatic rings. The molecular weight excluding hydrogens is 437 g/mol. The fourth-order valence-corrected chi connectivity index (χ4v) is 5.02. The minimum Gasteiger partial charge on any atom is -0.378 e. The third-order valence-electron chi connectivity index (χ3n) is 7.07. The van der Waals surface area contributed by atoms with Gasteiger partial charge in [-0.25, -0.2) is 4.39 Å². The van der Waals surface area contributed by atoms with Crippen LogP contribution in [0.1, 0.15) is 35.1 Å². The van der Waals surface area contributed by atoms with Crippen LogP contribution in [0.3, 0.4) is 0 Å². The van der Waals surface area contributed by atoms with Gasteiger partial charge >= 0.3 is 0 Å². The summed E-state index contributed by atoms with van der Waals surface area (Å²) in [7, 11) is 4.11. The molecule has 35 heavy (non-hydrogen) atoms. The van der Waals surface area contributed by atoms with Crippen molar-refractivity contribution < 1.29 is 9.18 Å². The maximum Gasteiger partial charge on any atom is 0.219 e. The number of benzene rings is 3. The van der Waals surface area contributed by atoms with Gasteiger partial charge < -0.3 is 9.80 Å². The fraction of sp³-hybridized carbons (Fsp3) is 0.367. The minimum atomic E-state index is -0.257. The Labute approximate surface area is 209 Å². The number of halogens is 1. The van der Waals surface area contributed by atoms with Crippen LogP contribution in [-0.2, 0) is 17.9 Å². The topological polar surface area (TPSA) is 26.8 Å². The van der Waals surface area contributed by atoms with Gasteiger partial charge in [-0.15, -0.1) is 0 Å². The van der Waals surface area contributed by atoms with Crippen molar-refractivity contribution in [1.82, 2.24) is 9.80 Å². The molecule has 3 aromatic rings. The molecule has 0 saturated carbocycles. The molecule has 2 atom stereocenters. The van der Waals surface area contributed by atoms with Crippen molar-refractivity contribution in [2.75, 3.05) is 38.6 Å². The molecule has 0 N–H and O–H groups in total. The first-order chi connectivity index (χ1) is 16.8. The summed E-state index contributed by atoms with van der Waals surface area (Å²) in [4.78, 5) is 19.1. The number of rotatable bonds is 8. The monoisotopic (exact) mass is 473 g/mol. The zero-order chi connectivity index (χ0) is 24.9.